The second kappa shape index (κ2) is 5.56. The molecule has 0 amide bonds. The molecule has 0 aliphatic rings. The van der Waals surface area contributed by atoms with Crippen LogP contribution in [0.5, 0.6) is 0 Å². The molecule has 4 rings (SSSR count). The van der Waals surface area contributed by atoms with Gasteiger partial charge in [-0.1, -0.05) is 13.3 Å². The molecule has 2 N–H and O–H groups in total. The lowest BCUT2D eigenvalue weighted by Crippen LogP contribution is -1.99. The van der Waals surface area contributed by atoms with E-state index in [1.54, 1.807) is 12.5 Å². The first-order valence-corrected chi connectivity index (χ1v) is 8.01. The molecule has 0 bridgehead atoms. The largest absolute Gasteiger partial charge is 0.384 e. The number of nitrogens with zero attached hydrogens (tertiary/aromatic N) is 5. The Morgan fingerprint density at radius 3 is 2.71 bits per heavy atom. The molecule has 4 heterocycles. The minimum absolute atomic E-state index is 0.466. The second-order valence-electron chi connectivity index (χ2n) is 5.96. The van der Waals surface area contributed by atoms with Crippen molar-refractivity contribution in [2.75, 3.05) is 5.73 Å². The highest BCUT2D eigenvalue weighted by Gasteiger charge is 2.13. The number of anilines is 1. The predicted molar refractivity (Wildman–Crippen MR) is 94.7 cm³/mol. The average molecular weight is 318 g/mol. The van der Waals surface area contributed by atoms with Crippen molar-refractivity contribution in [3.63, 3.8) is 0 Å². The molecule has 0 saturated carbocycles. The summed E-state index contributed by atoms with van der Waals surface area (Å²) in [4.78, 5) is 13.2. The summed E-state index contributed by atoms with van der Waals surface area (Å²) in [5.74, 6) is 0.466. The molecular weight excluding hydrogens is 300 g/mol. The lowest BCUT2D eigenvalue weighted by Gasteiger charge is -2.11. The van der Waals surface area contributed by atoms with E-state index in [1.165, 1.54) is 5.56 Å². The zero-order valence-electron chi connectivity index (χ0n) is 13.7. The van der Waals surface area contributed by atoms with Crippen molar-refractivity contribution in [1.29, 1.82) is 0 Å². The minimum Gasteiger partial charge on any atom is -0.384 e. The predicted octanol–water partition coefficient (Wildman–Crippen LogP) is 3.18. The summed E-state index contributed by atoms with van der Waals surface area (Å²) in [5, 5.41) is 5.32. The van der Waals surface area contributed by atoms with Gasteiger partial charge in [-0.3, -0.25) is 4.98 Å². The van der Waals surface area contributed by atoms with Crippen molar-refractivity contribution in [1.82, 2.24) is 24.6 Å². The van der Waals surface area contributed by atoms with Gasteiger partial charge in [0.1, 0.15) is 12.1 Å². The molecule has 0 unspecified atom stereocenters. The first-order valence-electron chi connectivity index (χ1n) is 8.01. The molecule has 6 heteroatoms. The summed E-state index contributed by atoms with van der Waals surface area (Å²) in [6, 6.07) is 6.04. The number of nitrogen functional groups attached to an aromatic ring is 1. The van der Waals surface area contributed by atoms with Crippen LogP contribution in [0.25, 0.3) is 27.7 Å². The van der Waals surface area contributed by atoms with E-state index in [0.717, 1.165) is 46.2 Å². The van der Waals surface area contributed by atoms with E-state index in [1.807, 2.05) is 16.8 Å². The van der Waals surface area contributed by atoms with Gasteiger partial charge in [0.2, 0.25) is 0 Å². The average Bonchev–Trinajstić information content (AvgIpc) is 3.05. The van der Waals surface area contributed by atoms with E-state index >= 15 is 0 Å². The normalized spacial score (nSPS) is 11.4. The Bertz CT molecular complexity index is 1050. The molecular formula is C18H18N6. The fraction of sp³-hybridized carbons (Fsp3) is 0.222. The quantitative estimate of drug-likeness (QED) is 0.627. The molecule has 24 heavy (non-hydrogen) atoms. The van der Waals surface area contributed by atoms with Crippen LogP contribution in [-0.4, -0.2) is 24.6 Å². The van der Waals surface area contributed by atoms with Gasteiger partial charge in [-0.25, -0.2) is 14.5 Å². The summed E-state index contributed by atoms with van der Waals surface area (Å²) < 4.78 is 1.81. The lowest BCUT2D eigenvalue weighted by atomic mass is 10.0. The summed E-state index contributed by atoms with van der Waals surface area (Å²) in [7, 11) is 0. The molecule has 0 aliphatic heterocycles. The van der Waals surface area contributed by atoms with Crippen LogP contribution in [0.3, 0.4) is 0 Å². The van der Waals surface area contributed by atoms with Crippen LogP contribution in [0.1, 0.15) is 24.6 Å². The third-order valence-electron chi connectivity index (χ3n) is 4.21. The number of nitrogens with two attached hydrogens (primary N) is 1. The van der Waals surface area contributed by atoms with Gasteiger partial charge in [-0.15, -0.1) is 0 Å². The van der Waals surface area contributed by atoms with Crippen LogP contribution in [0.15, 0.2) is 36.9 Å². The van der Waals surface area contributed by atoms with Crippen LogP contribution >= 0.6 is 0 Å². The Hall–Kier alpha value is -3.02. The molecule has 0 fully saturated rings. The molecule has 0 saturated heterocycles. The number of aromatic nitrogens is 5. The fourth-order valence-electron chi connectivity index (χ4n) is 3.07. The standard InChI is InChI=1S/C18H18N6/c1-3-4-13-5-11(2)15(9-20-13)14-6-12-8-21-17(19)7-16(12)24-18(14)22-10-23-24/h5-10H,3-4H2,1-2H3,(H2,19,21). The molecule has 4 aromatic heterocycles. The highest BCUT2D eigenvalue weighted by atomic mass is 15.3. The van der Waals surface area contributed by atoms with E-state index in [-0.39, 0.29) is 0 Å². The van der Waals surface area contributed by atoms with E-state index in [0.29, 0.717) is 5.82 Å². The minimum atomic E-state index is 0.466. The molecule has 4 aromatic rings. The smallest absolute Gasteiger partial charge is 0.163 e. The highest BCUT2D eigenvalue weighted by Crippen LogP contribution is 2.30. The Balaban J connectivity index is 1.99. The molecule has 0 atom stereocenters. The van der Waals surface area contributed by atoms with Crippen LogP contribution in [0, 0.1) is 6.92 Å². The van der Waals surface area contributed by atoms with E-state index in [9.17, 15) is 0 Å². The SMILES string of the molecule is CCCc1cc(C)c(-c2cc3cnc(N)cc3n3ncnc23)cn1. The number of aryl methyl sites for hydroxylation is 2. The number of fused-ring (bicyclic) bond motifs is 3. The highest BCUT2D eigenvalue weighted by molar-refractivity contribution is 5.92. The van der Waals surface area contributed by atoms with E-state index in [2.05, 4.69) is 46.0 Å². The Kier molecular flexibility index (Phi) is 3.37. The van der Waals surface area contributed by atoms with Crippen LogP contribution in [-0.2, 0) is 6.42 Å². The summed E-state index contributed by atoms with van der Waals surface area (Å²) in [6.07, 6.45) is 7.33. The number of pyridine rings is 3. The lowest BCUT2D eigenvalue weighted by molar-refractivity contribution is 0.880. The van der Waals surface area contributed by atoms with Gasteiger partial charge >= 0.3 is 0 Å². The van der Waals surface area contributed by atoms with Gasteiger partial charge in [-0.05, 0) is 31.0 Å². The maximum atomic E-state index is 5.82. The summed E-state index contributed by atoms with van der Waals surface area (Å²) in [5.41, 5.74) is 11.9. The second-order valence-corrected chi connectivity index (χ2v) is 5.96. The first-order chi connectivity index (χ1) is 11.7. The van der Waals surface area contributed by atoms with Gasteiger partial charge in [0, 0.05) is 40.7 Å². The zero-order valence-corrected chi connectivity index (χ0v) is 13.7. The van der Waals surface area contributed by atoms with E-state index < -0.39 is 0 Å². The molecule has 6 nitrogen and oxygen atoms in total. The van der Waals surface area contributed by atoms with Crippen LogP contribution in [0.4, 0.5) is 5.82 Å². The molecule has 0 radical (unpaired) electrons. The van der Waals surface area contributed by atoms with Gasteiger partial charge < -0.3 is 5.73 Å². The van der Waals surface area contributed by atoms with Gasteiger partial charge in [-0.2, -0.15) is 5.10 Å². The topological polar surface area (TPSA) is 82.0 Å². The Morgan fingerprint density at radius 1 is 1.04 bits per heavy atom. The molecule has 0 spiro atoms. The van der Waals surface area contributed by atoms with Crippen molar-refractivity contribution in [3.8, 4) is 11.1 Å². The first kappa shape index (κ1) is 14.6. The van der Waals surface area contributed by atoms with Gasteiger partial charge in [0.25, 0.3) is 0 Å². The van der Waals surface area contributed by atoms with Crippen molar-refractivity contribution in [3.05, 3.63) is 48.2 Å². The number of rotatable bonds is 3. The maximum Gasteiger partial charge on any atom is 0.163 e. The monoisotopic (exact) mass is 318 g/mol. The number of hydrogen-bond acceptors (Lipinski definition) is 5. The van der Waals surface area contributed by atoms with E-state index in [4.69, 9.17) is 5.73 Å². The third kappa shape index (κ3) is 2.27. The van der Waals surface area contributed by atoms with Crippen molar-refractivity contribution >= 4 is 22.4 Å². The van der Waals surface area contributed by atoms with Crippen LogP contribution < -0.4 is 5.73 Å². The Morgan fingerprint density at radius 2 is 1.92 bits per heavy atom. The number of hydrogen-bond donors (Lipinski definition) is 1. The van der Waals surface area contributed by atoms with Gasteiger partial charge in [0.15, 0.2) is 5.65 Å². The molecule has 0 aromatic carbocycles. The Labute approximate surface area is 139 Å². The van der Waals surface area contributed by atoms with Crippen molar-refractivity contribution in [2.24, 2.45) is 0 Å². The third-order valence-corrected chi connectivity index (χ3v) is 4.21. The summed E-state index contributed by atoms with van der Waals surface area (Å²) >= 11 is 0. The van der Waals surface area contributed by atoms with Crippen LogP contribution in [0.2, 0.25) is 0 Å². The van der Waals surface area contributed by atoms with Crippen molar-refractivity contribution in [2.45, 2.75) is 26.7 Å². The molecule has 0 aliphatic carbocycles. The molecule has 120 valence electrons. The summed E-state index contributed by atoms with van der Waals surface area (Å²) in [6.45, 7) is 4.27. The fourth-order valence-corrected chi connectivity index (χ4v) is 3.07. The zero-order chi connectivity index (χ0) is 16.7. The van der Waals surface area contributed by atoms with Crippen molar-refractivity contribution < 1.29 is 0 Å². The van der Waals surface area contributed by atoms with Gasteiger partial charge in [0.05, 0.1) is 5.52 Å². The maximum absolute atomic E-state index is 5.82.